The lowest BCUT2D eigenvalue weighted by Crippen LogP contribution is -2.23. The standard InChI is InChI=1S/C25H25NO3S/c1-18(2)19-13-15-21(16-14-19)26-23(27)17-29-25(28)24(20-9-5-3-6-10-20)30-22-11-7-4-8-12-22/h3-16,18,24H,17H2,1-2H3,(H,26,27)/t24-/m1/s1. The van der Waals surface area contributed by atoms with Gasteiger partial charge in [-0.2, -0.15) is 0 Å². The van der Waals surface area contributed by atoms with Crippen LogP contribution in [-0.4, -0.2) is 18.5 Å². The summed E-state index contributed by atoms with van der Waals surface area (Å²) in [6, 6.07) is 26.8. The van der Waals surface area contributed by atoms with Crippen molar-refractivity contribution in [3.63, 3.8) is 0 Å². The van der Waals surface area contributed by atoms with Crippen LogP contribution in [0.2, 0.25) is 0 Å². The summed E-state index contributed by atoms with van der Waals surface area (Å²) in [6.45, 7) is 3.90. The van der Waals surface area contributed by atoms with Crippen LogP contribution in [-0.2, 0) is 14.3 Å². The van der Waals surface area contributed by atoms with E-state index in [0.29, 0.717) is 11.6 Å². The fourth-order valence-electron chi connectivity index (χ4n) is 2.88. The van der Waals surface area contributed by atoms with Crippen LogP contribution in [0.25, 0.3) is 0 Å². The molecule has 3 aromatic rings. The molecule has 4 nitrogen and oxygen atoms in total. The van der Waals surface area contributed by atoms with E-state index >= 15 is 0 Å². The SMILES string of the molecule is CC(C)c1ccc(NC(=O)COC(=O)[C@H](Sc2ccccc2)c2ccccc2)cc1. The molecule has 154 valence electrons. The number of hydrogen-bond donors (Lipinski definition) is 1. The quantitative estimate of drug-likeness (QED) is 0.369. The van der Waals surface area contributed by atoms with Gasteiger partial charge in [0, 0.05) is 10.6 Å². The summed E-state index contributed by atoms with van der Waals surface area (Å²) in [5.74, 6) is -0.384. The van der Waals surface area contributed by atoms with Crippen LogP contribution < -0.4 is 5.32 Å². The second kappa shape index (κ2) is 10.6. The number of nitrogens with one attached hydrogen (secondary N) is 1. The number of rotatable bonds is 8. The number of thioether (sulfide) groups is 1. The Bertz CT molecular complexity index is 957. The van der Waals surface area contributed by atoms with Crippen molar-refractivity contribution in [1.82, 2.24) is 0 Å². The van der Waals surface area contributed by atoms with Crippen LogP contribution >= 0.6 is 11.8 Å². The Balaban J connectivity index is 1.61. The van der Waals surface area contributed by atoms with Gasteiger partial charge in [-0.05, 0) is 41.3 Å². The number of carbonyl (C=O) groups is 2. The van der Waals surface area contributed by atoms with Crippen molar-refractivity contribution in [2.75, 3.05) is 11.9 Å². The van der Waals surface area contributed by atoms with Crippen LogP contribution in [0.4, 0.5) is 5.69 Å². The van der Waals surface area contributed by atoms with Crippen molar-refractivity contribution < 1.29 is 14.3 Å². The smallest absolute Gasteiger partial charge is 0.324 e. The van der Waals surface area contributed by atoms with Crippen molar-refractivity contribution in [3.05, 3.63) is 96.1 Å². The van der Waals surface area contributed by atoms with Gasteiger partial charge in [-0.1, -0.05) is 74.5 Å². The second-order valence-corrected chi connectivity index (χ2v) is 8.33. The van der Waals surface area contributed by atoms with Crippen molar-refractivity contribution in [2.24, 2.45) is 0 Å². The van der Waals surface area contributed by atoms with Crippen LogP contribution in [0.15, 0.2) is 89.8 Å². The van der Waals surface area contributed by atoms with E-state index < -0.39 is 11.2 Å². The third-order valence-electron chi connectivity index (χ3n) is 4.52. The zero-order valence-corrected chi connectivity index (χ0v) is 17.9. The molecule has 0 radical (unpaired) electrons. The maximum Gasteiger partial charge on any atom is 0.324 e. The molecular formula is C25H25NO3S. The molecule has 0 aromatic heterocycles. The Morgan fingerprint density at radius 3 is 2.03 bits per heavy atom. The fourth-order valence-corrected chi connectivity index (χ4v) is 3.92. The highest BCUT2D eigenvalue weighted by atomic mass is 32.2. The first-order chi connectivity index (χ1) is 14.5. The molecule has 0 saturated carbocycles. The lowest BCUT2D eigenvalue weighted by Gasteiger charge is -2.16. The molecule has 0 aliphatic rings. The molecule has 0 aliphatic carbocycles. The number of carbonyl (C=O) groups excluding carboxylic acids is 2. The largest absolute Gasteiger partial charge is 0.454 e. The summed E-state index contributed by atoms with van der Waals surface area (Å²) in [5.41, 5.74) is 2.71. The van der Waals surface area contributed by atoms with E-state index in [1.807, 2.05) is 84.9 Å². The summed E-state index contributed by atoms with van der Waals surface area (Å²) in [7, 11) is 0. The molecule has 1 atom stereocenters. The Morgan fingerprint density at radius 2 is 1.43 bits per heavy atom. The highest BCUT2D eigenvalue weighted by Gasteiger charge is 2.24. The molecule has 5 heteroatoms. The molecule has 1 N–H and O–H groups in total. The van der Waals surface area contributed by atoms with E-state index in [9.17, 15) is 9.59 Å². The van der Waals surface area contributed by atoms with Crippen LogP contribution in [0, 0.1) is 0 Å². The molecule has 3 aromatic carbocycles. The van der Waals surface area contributed by atoms with Gasteiger partial charge < -0.3 is 10.1 Å². The van der Waals surface area contributed by atoms with Gasteiger partial charge >= 0.3 is 5.97 Å². The van der Waals surface area contributed by atoms with Crippen LogP contribution in [0.1, 0.15) is 36.1 Å². The zero-order chi connectivity index (χ0) is 21.3. The Morgan fingerprint density at radius 1 is 0.833 bits per heavy atom. The molecule has 0 unspecified atom stereocenters. The first-order valence-electron chi connectivity index (χ1n) is 9.86. The number of benzene rings is 3. The molecular weight excluding hydrogens is 394 g/mol. The average molecular weight is 420 g/mol. The van der Waals surface area contributed by atoms with Crippen LogP contribution in [0.5, 0.6) is 0 Å². The second-order valence-electron chi connectivity index (χ2n) is 7.15. The highest BCUT2D eigenvalue weighted by Crippen LogP contribution is 2.36. The first-order valence-corrected chi connectivity index (χ1v) is 10.7. The Labute approximate surface area is 181 Å². The van der Waals surface area contributed by atoms with Gasteiger partial charge in [-0.25, -0.2) is 0 Å². The predicted octanol–water partition coefficient (Wildman–Crippen LogP) is 5.83. The van der Waals surface area contributed by atoms with E-state index in [-0.39, 0.29) is 12.5 Å². The van der Waals surface area contributed by atoms with Gasteiger partial charge in [0.2, 0.25) is 0 Å². The van der Waals surface area contributed by atoms with Gasteiger partial charge in [-0.3, -0.25) is 9.59 Å². The number of hydrogen-bond acceptors (Lipinski definition) is 4. The molecule has 0 bridgehead atoms. The monoisotopic (exact) mass is 419 g/mol. The molecule has 30 heavy (non-hydrogen) atoms. The molecule has 3 rings (SSSR count). The normalized spacial score (nSPS) is 11.7. The maximum atomic E-state index is 12.8. The van der Waals surface area contributed by atoms with Gasteiger partial charge in [0.15, 0.2) is 6.61 Å². The molecule has 1 amide bonds. The van der Waals surface area contributed by atoms with Gasteiger partial charge in [0.05, 0.1) is 0 Å². The Hall–Kier alpha value is -3.05. The lowest BCUT2D eigenvalue weighted by molar-refractivity contribution is -0.146. The van der Waals surface area contributed by atoms with E-state index in [1.54, 1.807) is 0 Å². The van der Waals surface area contributed by atoms with Crippen molar-refractivity contribution in [2.45, 2.75) is 29.9 Å². The number of anilines is 1. The molecule has 0 fully saturated rings. The predicted molar refractivity (Wildman–Crippen MR) is 122 cm³/mol. The van der Waals surface area contributed by atoms with E-state index in [1.165, 1.54) is 17.3 Å². The lowest BCUT2D eigenvalue weighted by atomic mass is 10.0. The summed E-state index contributed by atoms with van der Waals surface area (Å²) in [4.78, 5) is 26.0. The first kappa shape index (κ1) is 21.7. The summed E-state index contributed by atoms with van der Waals surface area (Å²) in [6.07, 6.45) is 0. The van der Waals surface area contributed by atoms with E-state index in [4.69, 9.17) is 4.74 Å². The number of esters is 1. The van der Waals surface area contributed by atoms with Crippen molar-refractivity contribution in [3.8, 4) is 0 Å². The fraction of sp³-hybridized carbons (Fsp3) is 0.200. The van der Waals surface area contributed by atoms with Gasteiger partial charge in [0.25, 0.3) is 5.91 Å². The summed E-state index contributed by atoms with van der Waals surface area (Å²) in [5, 5.41) is 2.22. The average Bonchev–Trinajstić information content (AvgIpc) is 2.77. The van der Waals surface area contributed by atoms with E-state index in [0.717, 1.165) is 10.5 Å². The van der Waals surface area contributed by atoms with E-state index in [2.05, 4.69) is 19.2 Å². The van der Waals surface area contributed by atoms with Gasteiger partial charge in [0.1, 0.15) is 5.25 Å². The third-order valence-corrected chi connectivity index (χ3v) is 5.76. The number of amides is 1. The summed E-state index contributed by atoms with van der Waals surface area (Å²) >= 11 is 1.40. The minimum Gasteiger partial charge on any atom is -0.454 e. The highest BCUT2D eigenvalue weighted by molar-refractivity contribution is 8.00. The third kappa shape index (κ3) is 6.22. The Kier molecular flexibility index (Phi) is 7.69. The topological polar surface area (TPSA) is 55.4 Å². The summed E-state index contributed by atoms with van der Waals surface area (Å²) < 4.78 is 5.35. The molecule has 0 heterocycles. The van der Waals surface area contributed by atoms with Gasteiger partial charge in [-0.15, -0.1) is 11.8 Å². The maximum absolute atomic E-state index is 12.8. The van der Waals surface area contributed by atoms with Crippen LogP contribution in [0.3, 0.4) is 0 Å². The van der Waals surface area contributed by atoms with Crippen molar-refractivity contribution in [1.29, 1.82) is 0 Å². The minimum absolute atomic E-state index is 0.330. The minimum atomic E-state index is -0.549. The molecule has 0 aliphatic heterocycles. The zero-order valence-electron chi connectivity index (χ0n) is 17.1. The number of ether oxygens (including phenoxy) is 1. The van der Waals surface area contributed by atoms with Crippen molar-refractivity contribution >= 4 is 29.3 Å². The molecule has 0 saturated heterocycles. The molecule has 0 spiro atoms.